The van der Waals surface area contributed by atoms with E-state index in [0.29, 0.717) is 25.3 Å². The number of carbonyl (C=O) groups is 2. The van der Waals surface area contributed by atoms with Crippen LogP contribution in [0.1, 0.15) is 30.1 Å². The van der Waals surface area contributed by atoms with Crippen LogP contribution in [0.2, 0.25) is 0 Å². The zero-order valence-corrected chi connectivity index (χ0v) is 16.2. The first-order chi connectivity index (χ1) is 13.7. The van der Waals surface area contributed by atoms with Gasteiger partial charge in [-0.1, -0.05) is 36.4 Å². The molecule has 0 radical (unpaired) electrons. The van der Waals surface area contributed by atoms with E-state index in [1.807, 2.05) is 77.4 Å². The zero-order valence-electron chi connectivity index (χ0n) is 16.2. The molecular weight excluding hydrogens is 352 g/mol. The normalized spacial score (nSPS) is 14.8. The number of ether oxygens (including phenoxy) is 1. The Kier molecular flexibility index (Phi) is 6.84. The highest BCUT2D eigenvalue weighted by Crippen LogP contribution is 2.25. The van der Waals surface area contributed by atoms with Crippen LogP contribution < -0.4 is 4.90 Å². The maximum absolute atomic E-state index is 12.8. The summed E-state index contributed by atoms with van der Waals surface area (Å²) in [5.74, 6) is -0.0552. The lowest BCUT2D eigenvalue weighted by Gasteiger charge is -2.38. The van der Waals surface area contributed by atoms with E-state index in [2.05, 4.69) is 0 Å². The van der Waals surface area contributed by atoms with Gasteiger partial charge in [0.1, 0.15) is 0 Å². The van der Waals surface area contributed by atoms with Crippen molar-refractivity contribution < 1.29 is 14.3 Å². The van der Waals surface area contributed by atoms with Crippen molar-refractivity contribution in [2.24, 2.45) is 0 Å². The fraction of sp³-hybridized carbons (Fsp3) is 0.304. The van der Waals surface area contributed by atoms with Gasteiger partial charge in [-0.3, -0.25) is 9.59 Å². The van der Waals surface area contributed by atoms with Crippen LogP contribution in [-0.4, -0.2) is 42.5 Å². The van der Waals surface area contributed by atoms with E-state index in [9.17, 15) is 9.59 Å². The minimum absolute atomic E-state index is 0.0426. The van der Waals surface area contributed by atoms with Crippen molar-refractivity contribution in [3.05, 3.63) is 78.6 Å². The van der Waals surface area contributed by atoms with Gasteiger partial charge in [-0.05, 0) is 44.0 Å². The van der Waals surface area contributed by atoms with Gasteiger partial charge in [-0.15, -0.1) is 0 Å². The van der Waals surface area contributed by atoms with Gasteiger partial charge in [0.05, 0.1) is 12.9 Å². The number of nitrogens with zero attached hydrogens (tertiary/aromatic N) is 2. The van der Waals surface area contributed by atoms with E-state index in [1.165, 1.54) is 12.3 Å². The summed E-state index contributed by atoms with van der Waals surface area (Å²) in [6.45, 7) is 3.66. The van der Waals surface area contributed by atoms with Crippen molar-refractivity contribution in [1.82, 2.24) is 4.90 Å². The second kappa shape index (κ2) is 9.74. The van der Waals surface area contributed by atoms with E-state index in [1.54, 1.807) is 0 Å². The maximum atomic E-state index is 12.8. The first-order valence-corrected chi connectivity index (χ1v) is 9.71. The molecule has 0 aliphatic carbocycles. The molecule has 0 N–H and O–H groups in total. The van der Waals surface area contributed by atoms with E-state index < -0.39 is 0 Å². The molecule has 2 aromatic rings. The number of amides is 2. The lowest BCUT2D eigenvalue weighted by atomic mass is 10.0. The molecule has 0 aromatic heterocycles. The number of hydrogen-bond donors (Lipinski definition) is 0. The predicted molar refractivity (Wildman–Crippen MR) is 110 cm³/mol. The number of benzene rings is 2. The SMILES string of the molecule is CCOC=CC(=O)N(c1ccccc1)C1CCN(C(=O)c2ccccc2)CC1. The molecule has 1 saturated heterocycles. The Hall–Kier alpha value is -3.08. The van der Waals surface area contributed by atoms with Crippen LogP contribution in [0.4, 0.5) is 5.69 Å². The second-order valence-electron chi connectivity index (χ2n) is 6.69. The highest BCUT2D eigenvalue weighted by atomic mass is 16.5. The van der Waals surface area contributed by atoms with Crippen molar-refractivity contribution in [3.8, 4) is 0 Å². The quantitative estimate of drug-likeness (QED) is 0.566. The maximum Gasteiger partial charge on any atom is 0.254 e. The lowest BCUT2D eigenvalue weighted by Crippen LogP contribution is -2.48. The largest absolute Gasteiger partial charge is 0.501 e. The predicted octanol–water partition coefficient (Wildman–Crippen LogP) is 3.87. The van der Waals surface area contributed by atoms with Crippen molar-refractivity contribution in [1.29, 1.82) is 0 Å². The van der Waals surface area contributed by atoms with Crippen LogP contribution in [0.25, 0.3) is 0 Å². The summed E-state index contributed by atoms with van der Waals surface area (Å²) in [5, 5.41) is 0. The molecule has 5 heteroatoms. The summed E-state index contributed by atoms with van der Waals surface area (Å²) in [6.07, 6.45) is 4.40. The molecule has 1 aliphatic heterocycles. The van der Waals surface area contributed by atoms with Crippen LogP contribution >= 0.6 is 0 Å². The van der Waals surface area contributed by atoms with E-state index in [0.717, 1.165) is 18.5 Å². The third kappa shape index (κ3) is 4.80. The van der Waals surface area contributed by atoms with Crippen LogP contribution in [0, 0.1) is 0 Å². The Bertz CT molecular complexity index is 797. The van der Waals surface area contributed by atoms with Gasteiger partial charge in [0, 0.05) is 36.5 Å². The number of hydrogen-bond acceptors (Lipinski definition) is 3. The standard InChI is InChI=1S/C23H26N2O3/c1-2-28-18-15-22(26)25(20-11-7-4-8-12-20)21-13-16-24(17-14-21)23(27)19-9-5-3-6-10-19/h3-12,15,18,21H,2,13-14,16-17H2,1H3. The number of piperidine rings is 1. The van der Waals surface area contributed by atoms with Crippen LogP contribution in [0.3, 0.4) is 0 Å². The van der Waals surface area contributed by atoms with E-state index in [-0.39, 0.29) is 17.9 Å². The van der Waals surface area contributed by atoms with E-state index >= 15 is 0 Å². The molecule has 28 heavy (non-hydrogen) atoms. The molecular formula is C23H26N2O3. The first kappa shape index (κ1) is 19.7. The smallest absolute Gasteiger partial charge is 0.254 e. The van der Waals surface area contributed by atoms with Gasteiger partial charge in [-0.25, -0.2) is 0 Å². The molecule has 0 atom stereocenters. The van der Waals surface area contributed by atoms with Crippen LogP contribution in [0.15, 0.2) is 73.0 Å². The number of rotatable bonds is 6. The topological polar surface area (TPSA) is 49.9 Å². The molecule has 5 nitrogen and oxygen atoms in total. The molecule has 0 unspecified atom stereocenters. The Morgan fingerprint density at radius 1 is 1.04 bits per heavy atom. The highest BCUT2D eigenvalue weighted by Gasteiger charge is 2.30. The molecule has 0 saturated carbocycles. The van der Waals surface area contributed by atoms with Crippen LogP contribution in [0.5, 0.6) is 0 Å². The summed E-state index contributed by atoms with van der Waals surface area (Å²) in [5.41, 5.74) is 1.57. The first-order valence-electron chi connectivity index (χ1n) is 9.71. The summed E-state index contributed by atoms with van der Waals surface area (Å²) < 4.78 is 5.19. The van der Waals surface area contributed by atoms with Crippen molar-refractivity contribution in [2.75, 3.05) is 24.6 Å². The van der Waals surface area contributed by atoms with Crippen molar-refractivity contribution >= 4 is 17.5 Å². The highest BCUT2D eigenvalue weighted by molar-refractivity contribution is 6.01. The number of carbonyl (C=O) groups excluding carboxylic acids is 2. The third-order valence-electron chi connectivity index (χ3n) is 4.88. The van der Waals surface area contributed by atoms with Crippen LogP contribution in [-0.2, 0) is 9.53 Å². The van der Waals surface area contributed by atoms with Crippen molar-refractivity contribution in [2.45, 2.75) is 25.8 Å². The minimum atomic E-state index is -0.104. The Morgan fingerprint density at radius 3 is 2.25 bits per heavy atom. The number of likely N-dealkylation sites (tertiary alicyclic amines) is 1. The third-order valence-corrected chi connectivity index (χ3v) is 4.88. The molecule has 146 valence electrons. The fourth-order valence-electron chi connectivity index (χ4n) is 3.48. The summed E-state index contributed by atoms with van der Waals surface area (Å²) in [4.78, 5) is 29.2. The molecule has 2 aromatic carbocycles. The van der Waals surface area contributed by atoms with Gasteiger partial charge in [-0.2, -0.15) is 0 Å². The molecule has 0 bridgehead atoms. The number of anilines is 1. The monoisotopic (exact) mass is 378 g/mol. The van der Waals surface area contributed by atoms with Gasteiger partial charge < -0.3 is 14.5 Å². The summed E-state index contributed by atoms with van der Waals surface area (Å²) in [7, 11) is 0. The van der Waals surface area contributed by atoms with Gasteiger partial charge in [0.2, 0.25) is 0 Å². The summed E-state index contributed by atoms with van der Waals surface area (Å²) >= 11 is 0. The second-order valence-corrected chi connectivity index (χ2v) is 6.69. The minimum Gasteiger partial charge on any atom is -0.501 e. The lowest BCUT2D eigenvalue weighted by molar-refractivity contribution is -0.114. The van der Waals surface area contributed by atoms with Gasteiger partial charge in [0.25, 0.3) is 11.8 Å². The molecule has 2 amide bonds. The Labute approximate surface area is 166 Å². The molecule has 3 rings (SSSR count). The van der Waals surface area contributed by atoms with Crippen molar-refractivity contribution in [3.63, 3.8) is 0 Å². The molecule has 0 spiro atoms. The molecule has 1 heterocycles. The Morgan fingerprint density at radius 2 is 1.64 bits per heavy atom. The van der Waals surface area contributed by atoms with Gasteiger partial charge in [0.15, 0.2) is 0 Å². The number of para-hydroxylation sites is 1. The average Bonchev–Trinajstić information content (AvgIpc) is 2.75. The Balaban J connectivity index is 1.70. The molecule has 1 fully saturated rings. The molecule has 1 aliphatic rings. The van der Waals surface area contributed by atoms with E-state index in [4.69, 9.17) is 4.74 Å². The zero-order chi connectivity index (χ0) is 19.8. The average molecular weight is 378 g/mol. The summed E-state index contributed by atoms with van der Waals surface area (Å²) in [6, 6.07) is 19.0. The fourth-order valence-corrected chi connectivity index (χ4v) is 3.48. The van der Waals surface area contributed by atoms with Gasteiger partial charge >= 0.3 is 0 Å².